The Morgan fingerprint density at radius 1 is 1.18 bits per heavy atom. The molecule has 4 atom stereocenters. The van der Waals surface area contributed by atoms with E-state index in [1.54, 1.807) is 51.8 Å². The first-order valence-electron chi connectivity index (χ1n) is 13.1. The molecule has 1 aromatic carbocycles. The van der Waals surface area contributed by atoms with Crippen molar-refractivity contribution in [3.05, 3.63) is 47.5 Å². The van der Waals surface area contributed by atoms with Crippen LogP contribution >= 0.6 is 11.8 Å². The number of aliphatic hydroxyl groups is 2. The molecular formula is C29H42O8S. The summed E-state index contributed by atoms with van der Waals surface area (Å²) in [5.74, 6) is -0.150. The van der Waals surface area contributed by atoms with Crippen LogP contribution in [0.25, 0.3) is 0 Å². The van der Waals surface area contributed by atoms with Crippen LogP contribution in [0.15, 0.2) is 36.4 Å². The van der Waals surface area contributed by atoms with E-state index in [0.717, 1.165) is 16.9 Å². The summed E-state index contributed by atoms with van der Waals surface area (Å²) in [6, 6.07) is 7.84. The third-order valence-corrected chi connectivity index (χ3v) is 7.15. The number of aliphatic hydroxyl groups excluding tert-OH is 2. The molecule has 2 N–H and O–H groups in total. The van der Waals surface area contributed by atoms with Gasteiger partial charge < -0.3 is 24.4 Å². The van der Waals surface area contributed by atoms with Crippen molar-refractivity contribution < 1.29 is 38.8 Å². The SMILES string of the molecule is COCc1cccc(C[C@H](O)/C=C/[C@@H]2[C@H](O)CC(=O)[C@@H]2CCSCCCC(=O)OCC(=O)OC(C)(C)C)c1. The fourth-order valence-electron chi connectivity index (χ4n) is 4.38. The summed E-state index contributed by atoms with van der Waals surface area (Å²) in [6.45, 7) is 5.36. The Bertz CT molecular complexity index is 939. The molecule has 0 amide bonds. The van der Waals surface area contributed by atoms with Gasteiger partial charge in [-0.3, -0.25) is 9.59 Å². The molecule has 0 spiro atoms. The van der Waals surface area contributed by atoms with Gasteiger partial charge in [0, 0.05) is 38.2 Å². The number of thioether (sulfide) groups is 1. The molecule has 212 valence electrons. The lowest BCUT2D eigenvalue weighted by Gasteiger charge is -2.19. The molecule has 0 aromatic heterocycles. The first-order valence-corrected chi connectivity index (χ1v) is 14.2. The van der Waals surface area contributed by atoms with Crippen LogP contribution in [-0.4, -0.2) is 71.0 Å². The fraction of sp³-hybridized carbons (Fsp3) is 0.621. The van der Waals surface area contributed by atoms with Crippen LogP contribution in [-0.2, 0) is 41.6 Å². The first kappa shape index (κ1) is 32.0. The largest absolute Gasteiger partial charge is 0.457 e. The molecule has 1 aliphatic rings. The van der Waals surface area contributed by atoms with Crippen molar-refractivity contribution in [1.82, 2.24) is 0 Å². The van der Waals surface area contributed by atoms with E-state index in [-0.39, 0.29) is 37.1 Å². The van der Waals surface area contributed by atoms with Gasteiger partial charge in [-0.2, -0.15) is 11.8 Å². The van der Waals surface area contributed by atoms with Gasteiger partial charge in [0.05, 0.1) is 18.8 Å². The number of ketones is 1. The van der Waals surface area contributed by atoms with Crippen LogP contribution in [0.4, 0.5) is 0 Å². The molecule has 1 aromatic rings. The lowest BCUT2D eigenvalue weighted by molar-refractivity contribution is -0.166. The van der Waals surface area contributed by atoms with Gasteiger partial charge in [0.25, 0.3) is 0 Å². The maximum atomic E-state index is 12.5. The second kappa shape index (κ2) is 16.0. The summed E-state index contributed by atoms with van der Waals surface area (Å²) < 4.78 is 15.2. The van der Waals surface area contributed by atoms with Crippen LogP contribution in [0.2, 0.25) is 0 Å². The zero-order valence-corrected chi connectivity index (χ0v) is 23.7. The van der Waals surface area contributed by atoms with Gasteiger partial charge in [-0.15, -0.1) is 0 Å². The molecule has 8 nitrogen and oxygen atoms in total. The fourth-order valence-corrected chi connectivity index (χ4v) is 5.36. The van der Waals surface area contributed by atoms with Gasteiger partial charge >= 0.3 is 11.9 Å². The second-order valence-corrected chi connectivity index (χ2v) is 11.8. The lowest BCUT2D eigenvalue weighted by Crippen LogP contribution is -2.27. The average Bonchev–Trinajstić information content (AvgIpc) is 3.09. The minimum absolute atomic E-state index is 0.0419. The van der Waals surface area contributed by atoms with E-state index in [1.165, 1.54) is 0 Å². The van der Waals surface area contributed by atoms with E-state index in [4.69, 9.17) is 14.2 Å². The summed E-state index contributed by atoms with van der Waals surface area (Å²) in [7, 11) is 1.64. The molecule has 0 saturated heterocycles. The van der Waals surface area contributed by atoms with Crippen LogP contribution < -0.4 is 0 Å². The van der Waals surface area contributed by atoms with Gasteiger partial charge in [0.15, 0.2) is 6.61 Å². The van der Waals surface area contributed by atoms with Crippen molar-refractivity contribution in [2.45, 2.75) is 77.3 Å². The Kier molecular flexibility index (Phi) is 13.5. The lowest BCUT2D eigenvalue weighted by atomic mass is 9.91. The van der Waals surface area contributed by atoms with Gasteiger partial charge in [0.1, 0.15) is 11.4 Å². The van der Waals surface area contributed by atoms with Crippen molar-refractivity contribution in [1.29, 1.82) is 0 Å². The van der Waals surface area contributed by atoms with Crippen molar-refractivity contribution in [3.8, 4) is 0 Å². The van der Waals surface area contributed by atoms with E-state index < -0.39 is 29.7 Å². The van der Waals surface area contributed by atoms with E-state index in [1.807, 2.05) is 24.3 Å². The smallest absolute Gasteiger partial charge is 0.344 e. The minimum atomic E-state index is -0.745. The highest BCUT2D eigenvalue weighted by Gasteiger charge is 2.39. The van der Waals surface area contributed by atoms with E-state index in [2.05, 4.69) is 0 Å². The maximum absolute atomic E-state index is 12.5. The Hall–Kier alpha value is -2.20. The molecule has 1 fully saturated rings. The normalized spacial score (nSPS) is 20.6. The number of carbonyl (C=O) groups excluding carboxylic acids is 3. The van der Waals surface area contributed by atoms with E-state index in [0.29, 0.717) is 31.6 Å². The average molecular weight is 551 g/mol. The number of rotatable bonds is 15. The molecule has 1 saturated carbocycles. The van der Waals surface area contributed by atoms with E-state index in [9.17, 15) is 24.6 Å². The number of hydrogen-bond donors (Lipinski definition) is 2. The number of hydrogen-bond acceptors (Lipinski definition) is 9. The standard InChI is InChI=1S/C29H42O8S/c1-29(2,3)37-28(34)19-36-27(33)9-6-13-38-14-12-24-23(25(31)17-26(24)32)11-10-22(30)16-20-7-5-8-21(15-20)18-35-4/h5,7-8,10-11,15,22-25,30-31H,6,9,12-14,16-19H2,1-4H3/b11-10+/t22-,23+,24-,25-/m1/s1. The molecule has 0 radical (unpaired) electrons. The highest BCUT2D eigenvalue weighted by atomic mass is 32.2. The van der Waals surface area contributed by atoms with Gasteiger partial charge in [0.2, 0.25) is 0 Å². The second-order valence-electron chi connectivity index (χ2n) is 10.6. The summed E-state index contributed by atoms with van der Waals surface area (Å²) in [5, 5.41) is 20.9. The number of ether oxygens (including phenoxy) is 3. The van der Waals surface area contributed by atoms with Gasteiger partial charge in [-0.05, 0) is 56.2 Å². The number of carbonyl (C=O) groups is 3. The van der Waals surface area contributed by atoms with Crippen LogP contribution in [0.3, 0.4) is 0 Å². The third kappa shape index (κ3) is 12.1. The maximum Gasteiger partial charge on any atom is 0.344 e. The molecule has 0 aliphatic heterocycles. The van der Waals surface area contributed by atoms with Crippen LogP contribution in [0.5, 0.6) is 0 Å². The quantitative estimate of drug-likeness (QED) is 0.192. The molecule has 38 heavy (non-hydrogen) atoms. The van der Waals surface area contributed by atoms with Crippen LogP contribution in [0, 0.1) is 11.8 Å². The topological polar surface area (TPSA) is 119 Å². The third-order valence-electron chi connectivity index (χ3n) is 6.05. The number of Topliss-reactive ketones (excluding diaryl/α,β-unsaturated/α-hetero) is 1. The number of esters is 2. The molecule has 0 heterocycles. The first-order chi connectivity index (χ1) is 18.0. The molecule has 1 aliphatic carbocycles. The zero-order valence-electron chi connectivity index (χ0n) is 22.9. The summed E-state index contributed by atoms with van der Waals surface area (Å²) in [4.78, 5) is 35.9. The molecular weight excluding hydrogens is 508 g/mol. The van der Waals surface area contributed by atoms with Gasteiger partial charge in [-0.1, -0.05) is 36.4 Å². The van der Waals surface area contributed by atoms with Crippen molar-refractivity contribution in [2.75, 3.05) is 25.2 Å². The predicted molar refractivity (Wildman–Crippen MR) is 147 cm³/mol. The van der Waals surface area contributed by atoms with Crippen molar-refractivity contribution in [3.63, 3.8) is 0 Å². The Labute approximate surface area is 230 Å². The summed E-state index contributed by atoms with van der Waals surface area (Å²) in [6.07, 6.45) is 3.98. The predicted octanol–water partition coefficient (Wildman–Crippen LogP) is 3.65. The summed E-state index contributed by atoms with van der Waals surface area (Å²) >= 11 is 1.63. The summed E-state index contributed by atoms with van der Waals surface area (Å²) in [5.41, 5.74) is 1.40. The van der Waals surface area contributed by atoms with Crippen molar-refractivity contribution >= 4 is 29.5 Å². The van der Waals surface area contributed by atoms with Crippen molar-refractivity contribution in [2.24, 2.45) is 11.8 Å². The van der Waals surface area contributed by atoms with Crippen LogP contribution in [0.1, 0.15) is 57.6 Å². The molecule has 0 bridgehead atoms. The molecule has 9 heteroatoms. The number of benzene rings is 1. The molecule has 0 unspecified atom stereocenters. The minimum Gasteiger partial charge on any atom is -0.457 e. The number of methoxy groups -OCH3 is 1. The van der Waals surface area contributed by atoms with E-state index >= 15 is 0 Å². The Balaban J connectivity index is 1.71. The highest BCUT2D eigenvalue weighted by Crippen LogP contribution is 2.34. The highest BCUT2D eigenvalue weighted by molar-refractivity contribution is 7.99. The molecule has 2 rings (SSSR count). The van der Waals surface area contributed by atoms with Gasteiger partial charge in [-0.25, -0.2) is 4.79 Å². The Morgan fingerprint density at radius 2 is 1.92 bits per heavy atom. The Morgan fingerprint density at radius 3 is 2.63 bits per heavy atom. The monoisotopic (exact) mass is 550 g/mol. The zero-order chi connectivity index (χ0) is 28.1.